The average molecular weight is 198 g/mol. The van der Waals surface area contributed by atoms with Gasteiger partial charge in [0.25, 0.3) is 5.91 Å². The van der Waals surface area contributed by atoms with Crippen LogP contribution < -0.4 is 34.6 Å². The summed E-state index contributed by atoms with van der Waals surface area (Å²) in [5.41, 5.74) is 1.71. The zero-order valence-corrected chi connectivity index (χ0v) is 10.4. The van der Waals surface area contributed by atoms with E-state index in [0.717, 1.165) is 11.4 Å². The second-order valence-electron chi connectivity index (χ2n) is 3.05. The summed E-state index contributed by atoms with van der Waals surface area (Å²) < 4.78 is 0. The largest absolute Gasteiger partial charge is 1.00 e. The van der Waals surface area contributed by atoms with Crippen molar-refractivity contribution in [3.8, 4) is 0 Å². The molecule has 0 aromatic heterocycles. The number of para-hydroxylation sites is 1. The van der Waals surface area contributed by atoms with Crippen molar-refractivity contribution in [3.05, 3.63) is 30.3 Å². The van der Waals surface area contributed by atoms with Crippen LogP contribution >= 0.6 is 0 Å². The third-order valence-electron chi connectivity index (χ3n) is 1.91. The van der Waals surface area contributed by atoms with Gasteiger partial charge in [0, 0.05) is 5.71 Å². The number of anilines is 1. The van der Waals surface area contributed by atoms with Crippen molar-refractivity contribution in [3.63, 3.8) is 0 Å². The fourth-order valence-corrected chi connectivity index (χ4v) is 1.33. The first kappa shape index (κ1) is 11.4. The zero-order chi connectivity index (χ0) is 9.26. The number of nitrogens with zero attached hydrogens (tertiary/aromatic N) is 2. The third kappa shape index (κ3) is 2.23. The van der Waals surface area contributed by atoms with Gasteiger partial charge >= 0.3 is 29.6 Å². The van der Waals surface area contributed by atoms with E-state index in [4.69, 9.17) is 0 Å². The molecule has 1 aliphatic rings. The molecule has 14 heavy (non-hydrogen) atoms. The molecule has 1 amide bonds. The molecular weight excluding hydrogens is 187 g/mol. The summed E-state index contributed by atoms with van der Waals surface area (Å²) in [6, 6.07) is 9.46. The normalized spacial score (nSPS) is 15.1. The molecule has 0 aliphatic carbocycles. The molecule has 0 fully saturated rings. The van der Waals surface area contributed by atoms with E-state index in [9.17, 15) is 4.79 Å². The molecule has 0 saturated carbocycles. The maximum absolute atomic E-state index is 11.4. The van der Waals surface area contributed by atoms with Crippen molar-refractivity contribution in [2.45, 2.75) is 13.3 Å². The van der Waals surface area contributed by atoms with E-state index in [-0.39, 0.29) is 36.9 Å². The summed E-state index contributed by atoms with van der Waals surface area (Å²) in [5.74, 6) is 0.0451. The summed E-state index contributed by atoms with van der Waals surface area (Å²) >= 11 is 0. The summed E-state index contributed by atoms with van der Waals surface area (Å²) in [7, 11) is 0. The molecule has 68 valence electrons. The van der Waals surface area contributed by atoms with E-state index in [1.54, 1.807) is 0 Å². The van der Waals surface area contributed by atoms with Gasteiger partial charge in [-0.25, -0.2) is 5.01 Å². The quantitative estimate of drug-likeness (QED) is 0.528. The number of carbonyl (C=O) groups excluding carboxylic acids is 1. The molecule has 0 saturated heterocycles. The average Bonchev–Trinajstić information content (AvgIpc) is 2.47. The molecule has 4 heteroatoms. The standard InChI is InChI=1S/C10H10N2O.Na.H/c1-8-7-10(13)12(11-8)9-5-3-2-4-6-9;;/h2-6H,7H2,1H3;;/q;+1;-1. The molecule has 0 radical (unpaired) electrons. The first-order chi connectivity index (χ1) is 6.27. The molecule has 3 nitrogen and oxygen atoms in total. The topological polar surface area (TPSA) is 32.7 Å². The van der Waals surface area contributed by atoms with E-state index in [0.29, 0.717) is 6.42 Å². The molecule has 0 N–H and O–H groups in total. The Bertz CT molecular complexity index is 367. The van der Waals surface area contributed by atoms with E-state index in [1.807, 2.05) is 37.3 Å². The van der Waals surface area contributed by atoms with Crippen LogP contribution in [0.15, 0.2) is 35.4 Å². The second kappa shape index (κ2) is 4.73. The molecule has 1 heterocycles. The number of hydrogen-bond donors (Lipinski definition) is 0. The third-order valence-corrected chi connectivity index (χ3v) is 1.91. The minimum Gasteiger partial charge on any atom is -1.00 e. The van der Waals surface area contributed by atoms with Crippen molar-refractivity contribution < 1.29 is 35.8 Å². The molecule has 1 aromatic carbocycles. The Morgan fingerprint density at radius 3 is 2.50 bits per heavy atom. The summed E-state index contributed by atoms with van der Waals surface area (Å²) in [4.78, 5) is 11.4. The van der Waals surface area contributed by atoms with Crippen LogP contribution in [0.25, 0.3) is 0 Å². The van der Waals surface area contributed by atoms with Gasteiger partial charge in [-0.3, -0.25) is 4.79 Å². The van der Waals surface area contributed by atoms with Crippen molar-refractivity contribution in [1.29, 1.82) is 0 Å². The van der Waals surface area contributed by atoms with Crippen LogP contribution in [0, 0.1) is 0 Å². The fourth-order valence-electron chi connectivity index (χ4n) is 1.33. The number of hydrazone groups is 1. The number of rotatable bonds is 1. The smallest absolute Gasteiger partial charge is 1.00 e. The van der Waals surface area contributed by atoms with Gasteiger partial charge in [0.15, 0.2) is 0 Å². The number of hydrogen-bond acceptors (Lipinski definition) is 2. The Balaban J connectivity index is 0.000000980. The van der Waals surface area contributed by atoms with Gasteiger partial charge < -0.3 is 1.43 Å². The van der Waals surface area contributed by atoms with E-state index in [2.05, 4.69) is 5.10 Å². The molecule has 1 aliphatic heterocycles. The summed E-state index contributed by atoms with van der Waals surface area (Å²) in [6.07, 6.45) is 0.439. The monoisotopic (exact) mass is 198 g/mol. The minimum absolute atomic E-state index is 0. The van der Waals surface area contributed by atoms with Gasteiger partial charge in [0.05, 0.1) is 12.1 Å². The minimum atomic E-state index is 0. The van der Waals surface area contributed by atoms with Gasteiger partial charge in [-0.2, -0.15) is 5.10 Å². The SMILES string of the molecule is CC1=NN(c2ccccc2)C(=O)C1.[H-].[Na+]. The molecule has 0 atom stereocenters. The first-order valence-electron chi connectivity index (χ1n) is 4.19. The van der Waals surface area contributed by atoms with Crippen LogP contribution in [0.3, 0.4) is 0 Å². The maximum Gasteiger partial charge on any atom is 1.00 e. The van der Waals surface area contributed by atoms with Crippen molar-refractivity contribution >= 4 is 17.3 Å². The Hall–Kier alpha value is -0.640. The fraction of sp³-hybridized carbons (Fsp3) is 0.200. The predicted molar refractivity (Wildman–Crippen MR) is 52.8 cm³/mol. The van der Waals surface area contributed by atoms with Crippen molar-refractivity contribution in [2.24, 2.45) is 5.10 Å². The zero-order valence-electron chi connectivity index (χ0n) is 9.40. The Labute approximate surface area is 107 Å². The Kier molecular flexibility index (Phi) is 3.86. The number of carbonyl (C=O) groups is 1. The maximum atomic E-state index is 11.4. The molecule has 2 rings (SSSR count). The first-order valence-corrected chi connectivity index (χ1v) is 4.19. The molecule has 0 spiro atoms. The van der Waals surface area contributed by atoms with Gasteiger partial charge in [-0.15, -0.1) is 0 Å². The Morgan fingerprint density at radius 1 is 1.36 bits per heavy atom. The van der Waals surface area contributed by atoms with Crippen LogP contribution in [-0.4, -0.2) is 11.6 Å². The van der Waals surface area contributed by atoms with Gasteiger partial charge in [-0.1, -0.05) is 18.2 Å². The molecular formula is C10H11N2NaO. The Morgan fingerprint density at radius 2 is 2.00 bits per heavy atom. The van der Waals surface area contributed by atoms with Crippen molar-refractivity contribution in [2.75, 3.05) is 5.01 Å². The van der Waals surface area contributed by atoms with Crippen LogP contribution in [0.2, 0.25) is 0 Å². The van der Waals surface area contributed by atoms with E-state index in [1.165, 1.54) is 5.01 Å². The van der Waals surface area contributed by atoms with Crippen LogP contribution in [0.5, 0.6) is 0 Å². The van der Waals surface area contributed by atoms with Crippen LogP contribution in [-0.2, 0) is 4.79 Å². The molecule has 0 bridgehead atoms. The summed E-state index contributed by atoms with van der Waals surface area (Å²) in [6.45, 7) is 1.86. The van der Waals surface area contributed by atoms with Crippen LogP contribution in [0.4, 0.5) is 5.69 Å². The van der Waals surface area contributed by atoms with Gasteiger partial charge in [0.2, 0.25) is 0 Å². The van der Waals surface area contributed by atoms with Gasteiger partial charge in [0.1, 0.15) is 0 Å². The van der Waals surface area contributed by atoms with Crippen molar-refractivity contribution in [1.82, 2.24) is 0 Å². The van der Waals surface area contributed by atoms with E-state index < -0.39 is 0 Å². The van der Waals surface area contributed by atoms with Crippen LogP contribution in [0.1, 0.15) is 14.8 Å². The summed E-state index contributed by atoms with van der Waals surface area (Å²) in [5, 5.41) is 5.59. The molecule has 0 unspecified atom stereocenters. The number of benzene rings is 1. The predicted octanol–water partition coefficient (Wildman–Crippen LogP) is -1.08. The number of amides is 1. The molecule has 1 aromatic rings. The van der Waals surface area contributed by atoms with Gasteiger partial charge in [-0.05, 0) is 19.1 Å². The van der Waals surface area contributed by atoms with E-state index >= 15 is 0 Å². The second-order valence-corrected chi connectivity index (χ2v) is 3.05.